The Morgan fingerprint density at radius 2 is 1.90 bits per heavy atom. The molecule has 5 nitrogen and oxygen atoms in total. The lowest BCUT2D eigenvalue weighted by molar-refractivity contribution is 0.0697. The molecule has 7 heteroatoms. The smallest absolute Gasteiger partial charge is 0.336 e. The number of hydrogen-bond acceptors (Lipinski definition) is 4. The molecule has 0 saturated carbocycles. The predicted octanol–water partition coefficient (Wildman–Crippen LogP) is 2.88. The highest BCUT2D eigenvalue weighted by atomic mass is 32.2. The maximum Gasteiger partial charge on any atom is 0.336 e. The molecule has 3 N–H and O–H groups in total. The summed E-state index contributed by atoms with van der Waals surface area (Å²) in [6.45, 7) is 3.90. The number of hydrogen-bond donors (Lipinski definition) is 2. The van der Waals surface area contributed by atoms with Crippen LogP contribution >= 0.6 is 11.3 Å². The van der Waals surface area contributed by atoms with Crippen LogP contribution in [0, 0.1) is 0 Å². The molecule has 0 aliphatic heterocycles. The van der Waals surface area contributed by atoms with Crippen LogP contribution in [0.3, 0.4) is 0 Å². The summed E-state index contributed by atoms with van der Waals surface area (Å²) in [7, 11) is -3.81. The third-order valence-electron chi connectivity index (χ3n) is 3.05. The van der Waals surface area contributed by atoms with E-state index >= 15 is 0 Å². The van der Waals surface area contributed by atoms with E-state index < -0.39 is 16.0 Å². The highest BCUT2D eigenvalue weighted by Crippen LogP contribution is 2.31. The van der Waals surface area contributed by atoms with Gasteiger partial charge in [0.05, 0.1) is 10.5 Å². The van der Waals surface area contributed by atoms with E-state index in [1.54, 1.807) is 6.07 Å². The molecule has 0 aliphatic carbocycles. The van der Waals surface area contributed by atoms with Gasteiger partial charge in [0.1, 0.15) is 0 Å². The lowest BCUT2D eigenvalue weighted by atomic mass is 10.00. The summed E-state index contributed by atoms with van der Waals surface area (Å²) in [4.78, 5) is 11.7. The molecule has 112 valence electrons. The van der Waals surface area contributed by atoms with E-state index in [1.165, 1.54) is 28.8 Å². The Bertz CT molecular complexity index is 791. The van der Waals surface area contributed by atoms with Gasteiger partial charge in [-0.1, -0.05) is 13.8 Å². The van der Waals surface area contributed by atoms with Gasteiger partial charge >= 0.3 is 5.97 Å². The average Bonchev–Trinajstić information content (AvgIpc) is 2.86. The summed E-state index contributed by atoms with van der Waals surface area (Å²) < 4.78 is 23.2. The summed E-state index contributed by atoms with van der Waals surface area (Å²) >= 11 is 1.25. The molecule has 2 rings (SSSR count). The monoisotopic (exact) mass is 325 g/mol. The second kappa shape index (κ2) is 5.59. The fourth-order valence-corrected chi connectivity index (χ4v) is 3.33. The van der Waals surface area contributed by atoms with Crippen molar-refractivity contribution in [2.75, 3.05) is 0 Å². The van der Waals surface area contributed by atoms with Gasteiger partial charge in [-0.3, -0.25) is 0 Å². The number of rotatable bonds is 4. The van der Waals surface area contributed by atoms with E-state index in [2.05, 4.69) is 0 Å². The van der Waals surface area contributed by atoms with Crippen molar-refractivity contribution in [1.82, 2.24) is 0 Å². The topological polar surface area (TPSA) is 97.5 Å². The molecule has 1 aromatic heterocycles. The number of primary sulfonamides is 1. The van der Waals surface area contributed by atoms with Gasteiger partial charge in [-0.15, -0.1) is 11.3 Å². The van der Waals surface area contributed by atoms with Crippen molar-refractivity contribution in [3.05, 3.63) is 40.8 Å². The van der Waals surface area contributed by atoms with Gasteiger partial charge in [-0.05, 0) is 41.3 Å². The summed E-state index contributed by atoms with van der Waals surface area (Å²) in [5, 5.41) is 15.7. The summed E-state index contributed by atoms with van der Waals surface area (Å²) in [6.07, 6.45) is 0. The molecule has 1 aromatic carbocycles. The van der Waals surface area contributed by atoms with E-state index in [1.807, 2.05) is 19.9 Å². The molecule has 0 aliphatic rings. The maximum absolute atomic E-state index is 11.6. The zero-order chi connectivity index (χ0) is 15.8. The van der Waals surface area contributed by atoms with E-state index in [0.29, 0.717) is 10.4 Å². The van der Waals surface area contributed by atoms with Crippen LogP contribution in [0.5, 0.6) is 0 Å². The van der Waals surface area contributed by atoms with Crippen LogP contribution in [-0.4, -0.2) is 19.5 Å². The Morgan fingerprint density at radius 3 is 2.38 bits per heavy atom. The third kappa shape index (κ3) is 3.49. The second-order valence-electron chi connectivity index (χ2n) is 5.00. The molecule has 0 radical (unpaired) electrons. The van der Waals surface area contributed by atoms with Crippen LogP contribution in [0.15, 0.2) is 34.5 Å². The predicted molar refractivity (Wildman–Crippen MR) is 82.2 cm³/mol. The molecule has 0 amide bonds. The molecule has 1 heterocycles. The van der Waals surface area contributed by atoms with Crippen LogP contribution < -0.4 is 5.14 Å². The normalized spacial score (nSPS) is 11.8. The van der Waals surface area contributed by atoms with Gasteiger partial charge in [0.2, 0.25) is 10.0 Å². The lowest BCUT2D eigenvalue weighted by Crippen LogP contribution is -2.12. The number of carbonyl (C=O) groups is 1. The van der Waals surface area contributed by atoms with Crippen molar-refractivity contribution >= 4 is 27.3 Å². The van der Waals surface area contributed by atoms with Gasteiger partial charge in [0, 0.05) is 10.3 Å². The fourth-order valence-electron chi connectivity index (χ4n) is 1.86. The number of aromatic carboxylic acids is 1. The van der Waals surface area contributed by atoms with Gasteiger partial charge in [-0.2, -0.15) is 0 Å². The Balaban J connectivity index is 2.61. The van der Waals surface area contributed by atoms with E-state index in [4.69, 9.17) is 10.2 Å². The summed E-state index contributed by atoms with van der Waals surface area (Å²) in [5.74, 6) is -0.881. The van der Waals surface area contributed by atoms with E-state index in [9.17, 15) is 13.2 Å². The number of benzene rings is 1. The van der Waals surface area contributed by atoms with Crippen molar-refractivity contribution in [2.45, 2.75) is 24.7 Å². The van der Waals surface area contributed by atoms with E-state index in [-0.39, 0.29) is 16.4 Å². The molecular formula is C14H15NO4S2. The Labute approximate surface area is 127 Å². The van der Waals surface area contributed by atoms with Crippen molar-refractivity contribution in [3.63, 3.8) is 0 Å². The maximum atomic E-state index is 11.6. The first-order valence-electron chi connectivity index (χ1n) is 6.18. The van der Waals surface area contributed by atoms with E-state index in [0.717, 1.165) is 5.56 Å². The summed E-state index contributed by atoms with van der Waals surface area (Å²) in [6, 6.07) is 6.41. The van der Waals surface area contributed by atoms with Gasteiger partial charge in [0.25, 0.3) is 0 Å². The van der Waals surface area contributed by atoms with Crippen LogP contribution in [-0.2, 0) is 10.0 Å². The third-order valence-corrected chi connectivity index (χ3v) is 4.93. The molecule has 0 saturated heterocycles. The highest BCUT2D eigenvalue weighted by molar-refractivity contribution is 7.89. The minimum absolute atomic E-state index is 0.0361. The van der Waals surface area contributed by atoms with Crippen LogP contribution in [0.2, 0.25) is 0 Å². The van der Waals surface area contributed by atoms with Gasteiger partial charge < -0.3 is 5.11 Å². The van der Waals surface area contributed by atoms with Crippen molar-refractivity contribution < 1.29 is 18.3 Å². The Kier molecular flexibility index (Phi) is 4.18. The number of sulfonamides is 1. The Morgan fingerprint density at radius 1 is 1.24 bits per heavy atom. The first-order valence-corrected chi connectivity index (χ1v) is 8.61. The summed E-state index contributed by atoms with van der Waals surface area (Å²) in [5.41, 5.74) is 1.67. The highest BCUT2D eigenvalue weighted by Gasteiger charge is 2.15. The lowest BCUT2D eigenvalue weighted by Gasteiger charge is -2.10. The first kappa shape index (κ1) is 15.7. The van der Waals surface area contributed by atoms with Crippen molar-refractivity contribution in [2.24, 2.45) is 5.14 Å². The van der Waals surface area contributed by atoms with Crippen LogP contribution in [0.1, 0.15) is 35.7 Å². The number of nitrogens with two attached hydrogens (primary N) is 1. The standard InChI is InChI=1S/C14H15NO4S2/c1-8(2)9-3-10(5-12(4-9)21(15,18)19)13-6-11(7-20-13)14(16)17/h3-8H,1-2H3,(H,16,17)(H2,15,18,19). The minimum Gasteiger partial charge on any atom is -0.478 e. The van der Waals surface area contributed by atoms with Crippen LogP contribution in [0.4, 0.5) is 0 Å². The molecule has 0 spiro atoms. The van der Waals surface area contributed by atoms with Crippen molar-refractivity contribution in [3.8, 4) is 10.4 Å². The molecule has 0 atom stereocenters. The molecular weight excluding hydrogens is 310 g/mol. The molecule has 0 bridgehead atoms. The zero-order valence-electron chi connectivity index (χ0n) is 11.5. The number of carboxylic acids is 1. The van der Waals surface area contributed by atoms with Crippen molar-refractivity contribution in [1.29, 1.82) is 0 Å². The second-order valence-corrected chi connectivity index (χ2v) is 7.47. The fraction of sp³-hybridized carbons (Fsp3) is 0.214. The average molecular weight is 325 g/mol. The Hall–Kier alpha value is -1.70. The molecule has 2 aromatic rings. The molecule has 21 heavy (non-hydrogen) atoms. The van der Waals surface area contributed by atoms with Crippen LogP contribution in [0.25, 0.3) is 10.4 Å². The van der Waals surface area contributed by atoms with Gasteiger partial charge in [0.15, 0.2) is 0 Å². The zero-order valence-corrected chi connectivity index (χ0v) is 13.2. The van der Waals surface area contributed by atoms with Gasteiger partial charge in [-0.25, -0.2) is 18.4 Å². The molecule has 0 unspecified atom stereocenters. The first-order chi connectivity index (χ1) is 9.68. The number of thiophene rings is 1. The SMILES string of the molecule is CC(C)c1cc(-c2cc(C(=O)O)cs2)cc(S(N)(=O)=O)c1. The molecule has 0 fully saturated rings. The minimum atomic E-state index is -3.81. The number of carboxylic acid groups (broad SMARTS) is 1. The quantitative estimate of drug-likeness (QED) is 0.903. The largest absolute Gasteiger partial charge is 0.478 e.